The first-order chi connectivity index (χ1) is 7.64. The van der Waals surface area contributed by atoms with Crippen LogP contribution in [0.4, 0.5) is 0 Å². The van der Waals surface area contributed by atoms with Gasteiger partial charge in [0.05, 0.1) is 12.4 Å². The predicted octanol–water partition coefficient (Wildman–Crippen LogP) is 0.364. The summed E-state index contributed by atoms with van der Waals surface area (Å²) in [4.78, 5) is 0. The number of hydrogen-bond acceptors (Lipinski definition) is 4. The van der Waals surface area contributed by atoms with E-state index in [2.05, 4.69) is 10.0 Å². The molecule has 0 bridgehead atoms. The normalized spacial score (nSPS) is 20.9. The fraction of sp³-hybridized carbons (Fsp3) is 1.00. The van der Waals surface area contributed by atoms with Crippen LogP contribution in [-0.4, -0.2) is 47.5 Å². The number of halogens is 1. The van der Waals surface area contributed by atoms with Gasteiger partial charge in [-0.1, -0.05) is 0 Å². The quantitative estimate of drug-likeness (QED) is 0.709. The van der Waals surface area contributed by atoms with Crippen LogP contribution in [0, 0.1) is 5.92 Å². The van der Waals surface area contributed by atoms with Crippen molar-refractivity contribution in [2.45, 2.75) is 19.3 Å². The number of sulfonamides is 1. The number of rotatable bonds is 7. The second-order valence-electron chi connectivity index (χ2n) is 4.21. The minimum absolute atomic E-state index is 0. The first-order valence-corrected chi connectivity index (χ1v) is 7.46. The summed E-state index contributed by atoms with van der Waals surface area (Å²) in [7, 11) is -1.64. The van der Waals surface area contributed by atoms with Crippen molar-refractivity contribution in [1.82, 2.24) is 10.0 Å². The van der Waals surface area contributed by atoms with Crippen LogP contribution in [0.3, 0.4) is 0 Å². The van der Waals surface area contributed by atoms with E-state index < -0.39 is 10.0 Å². The van der Waals surface area contributed by atoms with Gasteiger partial charge in [-0.05, 0) is 38.3 Å². The van der Waals surface area contributed by atoms with E-state index in [1.165, 1.54) is 20.0 Å². The summed E-state index contributed by atoms with van der Waals surface area (Å²) in [6, 6.07) is 0. The lowest BCUT2D eigenvalue weighted by Crippen LogP contribution is -2.34. The fourth-order valence-corrected chi connectivity index (χ4v) is 2.81. The van der Waals surface area contributed by atoms with Gasteiger partial charge in [-0.15, -0.1) is 12.4 Å². The summed E-state index contributed by atoms with van der Waals surface area (Å²) >= 11 is 0. The van der Waals surface area contributed by atoms with Gasteiger partial charge < -0.3 is 10.1 Å². The molecule has 0 aromatic rings. The van der Waals surface area contributed by atoms with E-state index in [-0.39, 0.29) is 24.8 Å². The van der Waals surface area contributed by atoms with Crippen LogP contribution >= 0.6 is 12.4 Å². The lowest BCUT2D eigenvalue weighted by atomic mass is 9.96. The van der Waals surface area contributed by atoms with E-state index in [9.17, 15) is 8.42 Å². The summed E-state index contributed by atoms with van der Waals surface area (Å²) in [5, 5.41) is 3.32. The second-order valence-corrected chi connectivity index (χ2v) is 6.13. The standard InChI is InChI=1S/C10H22N2O3S.ClH/c1-15-7-8-16(13,14)12-6-4-10-3-2-5-11-9-10;/h10-12H,2-9H2,1H3;1H. The molecule has 1 saturated heterocycles. The van der Waals surface area contributed by atoms with Gasteiger partial charge in [0, 0.05) is 13.7 Å². The van der Waals surface area contributed by atoms with Gasteiger partial charge in [-0.2, -0.15) is 0 Å². The van der Waals surface area contributed by atoms with Crippen LogP contribution in [0.15, 0.2) is 0 Å². The predicted molar refractivity (Wildman–Crippen MR) is 71.1 cm³/mol. The molecule has 1 fully saturated rings. The monoisotopic (exact) mass is 286 g/mol. The molecule has 0 aromatic heterocycles. The second kappa shape index (κ2) is 9.10. The topological polar surface area (TPSA) is 67.4 Å². The van der Waals surface area contributed by atoms with Crippen molar-refractivity contribution in [3.8, 4) is 0 Å². The number of methoxy groups -OCH3 is 1. The number of nitrogens with one attached hydrogen (secondary N) is 2. The molecular formula is C10H23ClN2O3S. The molecule has 1 aliphatic rings. The minimum atomic E-state index is -3.14. The van der Waals surface area contributed by atoms with E-state index in [1.807, 2.05) is 0 Å². The highest BCUT2D eigenvalue weighted by Crippen LogP contribution is 2.12. The van der Waals surface area contributed by atoms with Crippen LogP contribution in [0.25, 0.3) is 0 Å². The Kier molecular flexibility index (Phi) is 9.17. The lowest BCUT2D eigenvalue weighted by Gasteiger charge is -2.22. The van der Waals surface area contributed by atoms with Crippen molar-refractivity contribution in [3.63, 3.8) is 0 Å². The molecule has 5 nitrogen and oxygen atoms in total. The van der Waals surface area contributed by atoms with E-state index in [0.717, 1.165) is 19.5 Å². The highest BCUT2D eigenvalue weighted by atomic mass is 35.5. The van der Waals surface area contributed by atoms with Crippen LogP contribution in [0.1, 0.15) is 19.3 Å². The molecule has 0 aromatic carbocycles. The summed E-state index contributed by atoms with van der Waals surface area (Å²) in [6.45, 7) is 2.90. The smallest absolute Gasteiger partial charge is 0.213 e. The molecule has 1 aliphatic heterocycles. The molecule has 0 saturated carbocycles. The Labute approximate surface area is 110 Å². The molecule has 1 unspecified atom stereocenters. The summed E-state index contributed by atoms with van der Waals surface area (Å²) in [5.74, 6) is 0.658. The Morgan fingerprint density at radius 2 is 2.24 bits per heavy atom. The maximum absolute atomic E-state index is 11.4. The van der Waals surface area contributed by atoms with Crippen molar-refractivity contribution >= 4 is 22.4 Å². The molecule has 0 radical (unpaired) electrons. The summed E-state index contributed by atoms with van der Waals surface area (Å²) in [6.07, 6.45) is 3.31. The average Bonchev–Trinajstić information content (AvgIpc) is 2.28. The molecular weight excluding hydrogens is 264 g/mol. The van der Waals surface area contributed by atoms with Gasteiger partial charge in [0.15, 0.2) is 0 Å². The fourth-order valence-electron chi connectivity index (χ4n) is 1.85. The molecule has 2 N–H and O–H groups in total. The Hall–Kier alpha value is 0.120. The third-order valence-electron chi connectivity index (χ3n) is 2.83. The average molecular weight is 287 g/mol. The molecule has 1 heterocycles. The van der Waals surface area contributed by atoms with Gasteiger partial charge in [0.1, 0.15) is 0 Å². The van der Waals surface area contributed by atoms with Gasteiger partial charge >= 0.3 is 0 Å². The van der Waals surface area contributed by atoms with E-state index in [1.54, 1.807) is 0 Å². The molecule has 7 heteroatoms. The van der Waals surface area contributed by atoms with Crippen molar-refractivity contribution in [2.24, 2.45) is 5.92 Å². The largest absolute Gasteiger partial charge is 0.384 e. The van der Waals surface area contributed by atoms with Gasteiger partial charge in [-0.3, -0.25) is 0 Å². The molecule has 1 rings (SSSR count). The van der Waals surface area contributed by atoms with Crippen LogP contribution in [-0.2, 0) is 14.8 Å². The Bertz CT molecular complexity index is 279. The Morgan fingerprint density at radius 1 is 1.47 bits per heavy atom. The first-order valence-electron chi connectivity index (χ1n) is 5.81. The van der Waals surface area contributed by atoms with Crippen molar-refractivity contribution < 1.29 is 13.2 Å². The van der Waals surface area contributed by atoms with E-state index in [4.69, 9.17) is 4.74 Å². The Balaban J connectivity index is 0.00000256. The number of piperidine rings is 1. The SMILES string of the molecule is COCCS(=O)(=O)NCCC1CCCNC1.Cl. The molecule has 0 amide bonds. The van der Waals surface area contributed by atoms with Gasteiger partial charge in [0.2, 0.25) is 10.0 Å². The zero-order valence-corrected chi connectivity index (χ0v) is 11.9. The highest BCUT2D eigenvalue weighted by molar-refractivity contribution is 7.89. The van der Waals surface area contributed by atoms with Crippen LogP contribution in [0.2, 0.25) is 0 Å². The molecule has 0 aliphatic carbocycles. The minimum Gasteiger partial charge on any atom is -0.384 e. The van der Waals surface area contributed by atoms with E-state index in [0.29, 0.717) is 12.5 Å². The summed E-state index contributed by atoms with van der Waals surface area (Å²) < 4.78 is 30.2. The van der Waals surface area contributed by atoms with Crippen LogP contribution in [0.5, 0.6) is 0 Å². The third kappa shape index (κ3) is 7.94. The zero-order chi connectivity index (χ0) is 11.9. The van der Waals surface area contributed by atoms with Gasteiger partial charge in [-0.25, -0.2) is 13.1 Å². The molecule has 17 heavy (non-hydrogen) atoms. The van der Waals surface area contributed by atoms with E-state index >= 15 is 0 Å². The van der Waals surface area contributed by atoms with Gasteiger partial charge in [0.25, 0.3) is 0 Å². The lowest BCUT2D eigenvalue weighted by molar-refractivity contribution is 0.217. The molecule has 104 valence electrons. The molecule has 0 spiro atoms. The third-order valence-corrected chi connectivity index (χ3v) is 4.18. The Morgan fingerprint density at radius 3 is 2.82 bits per heavy atom. The first kappa shape index (κ1) is 17.1. The van der Waals surface area contributed by atoms with Crippen molar-refractivity contribution in [2.75, 3.05) is 39.1 Å². The number of hydrogen-bond donors (Lipinski definition) is 2. The van der Waals surface area contributed by atoms with Crippen LogP contribution < -0.4 is 10.0 Å². The highest BCUT2D eigenvalue weighted by Gasteiger charge is 2.14. The molecule has 1 atom stereocenters. The maximum Gasteiger partial charge on any atom is 0.213 e. The number of ether oxygens (including phenoxy) is 1. The maximum atomic E-state index is 11.4. The summed E-state index contributed by atoms with van der Waals surface area (Å²) in [5.41, 5.74) is 0. The zero-order valence-electron chi connectivity index (χ0n) is 10.3. The van der Waals surface area contributed by atoms with Crippen molar-refractivity contribution in [1.29, 1.82) is 0 Å². The van der Waals surface area contributed by atoms with Crippen molar-refractivity contribution in [3.05, 3.63) is 0 Å².